The number of rotatable bonds is 4. The van der Waals surface area contributed by atoms with Crippen molar-refractivity contribution in [2.24, 2.45) is 0 Å². The zero-order valence-corrected chi connectivity index (χ0v) is 8.68. The van der Waals surface area contributed by atoms with Crippen LogP contribution in [-0.2, 0) is 4.74 Å². The van der Waals surface area contributed by atoms with Crippen molar-refractivity contribution in [1.82, 2.24) is 4.90 Å². The van der Waals surface area contributed by atoms with E-state index in [0.717, 1.165) is 19.7 Å². The Bertz CT molecular complexity index is 57.5. The van der Waals surface area contributed by atoms with Crippen molar-refractivity contribution in [1.29, 1.82) is 0 Å². The lowest BCUT2D eigenvalue weighted by molar-refractivity contribution is 0.164. The molecule has 0 aliphatic carbocycles. The summed E-state index contributed by atoms with van der Waals surface area (Å²) in [5, 5.41) is 0. The average Bonchev–Trinajstić information content (AvgIpc) is 2.02. The fraction of sp³-hybridized carbons (Fsp3) is 1.00. The van der Waals surface area contributed by atoms with Crippen LogP contribution in [0.25, 0.3) is 0 Å². The van der Waals surface area contributed by atoms with E-state index in [2.05, 4.69) is 32.7 Å². The van der Waals surface area contributed by atoms with Crippen molar-refractivity contribution in [3.8, 4) is 0 Å². The molecule has 0 fully saturated rings. The Morgan fingerprint density at radius 3 is 1.91 bits per heavy atom. The summed E-state index contributed by atoms with van der Waals surface area (Å²) in [6.07, 6.45) is 1.25. The SMILES string of the molecule is CCC.CCN(C)CCOC. The molecule has 0 rings (SSSR count). The summed E-state index contributed by atoms with van der Waals surface area (Å²) in [6.45, 7) is 9.36. The maximum Gasteiger partial charge on any atom is 0.0589 e. The Balaban J connectivity index is 0. The molecule has 0 bridgehead atoms. The number of likely N-dealkylation sites (N-methyl/N-ethyl adjacent to an activating group) is 1. The van der Waals surface area contributed by atoms with Crippen molar-refractivity contribution in [2.45, 2.75) is 27.2 Å². The van der Waals surface area contributed by atoms with Crippen LogP contribution in [0.5, 0.6) is 0 Å². The molecule has 0 aromatic rings. The zero-order chi connectivity index (χ0) is 9.11. The molecule has 0 saturated carbocycles. The maximum absolute atomic E-state index is 4.87. The smallest absolute Gasteiger partial charge is 0.0589 e. The molecular weight excluding hydrogens is 138 g/mol. The molecule has 0 aromatic carbocycles. The fourth-order valence-corrected chi connectivity index (χ4v) is 0.405. The van der Waals surface area contributed by atoms with E-state index in [-0.39, 0.29) is 0 Å². The standard InChI is InChI=1S/C6H15NO.C3H8/c1-4-7(2)5-6-8-3;1-3-2/h4-6H2,1-3H3;3H2,1-2H3. The molecule has 0 amide bonds. The van der Waals surface area contributed by atoms with Crippen LogP contribution < -0.4 is 0 Å². The highest BCUT2D eigenvalue weighted by Gasteiger charge is 1.89. The first-order valence-corrected chi connectivity index (χ1v) is 4.40. The second kappa shape index (κ2) is 12.6. The quantitative estimate of drug-likeness (QED) is 0.625. The monoisotopic (exact) mass is 161 g/mol. The van der Waals surface area contributed by atoms with Crippen LogP contribution >= 0.6 is 0 Å². The summed E-state index contributed by atoms with van der Waals surface area (Å²) in [6, 6.07) is 0. The van der Waals surface area contributed by atoms with Crippen LogP contribution in [-0.4, -0.2) is 38.8 Å². The van der Waals surface area contributed by atoms with Gasteiger partial charge in [-0.2, -0.15) is 0 Å². The van der Waals surface area contributed by atoms with E-state index in [1.807, 2.05) is 0 Å². The molecule has 0 heterocycles. The van der Waals surface area contributed by atoms with E-state index in [1.165, 1.54) is 6.42 Å². The summed E-state index contributed by atoms with van der Waals surface area (Å²) in [4.78, 5) is 2.21. The predicted octanol–water partition coefficient (Wildman–Crippen LogP) is 2.00. The molecule has 0 saturated heterocycles. The van der Waals surface area contributed by atoms with Gasteiger partial charge in [0, 0.05) is 13.7 Å². The Hall–Kier alpha value is -0.0800. The lowest BCUT2D eigenvalue weighted by atomic mass is 10.5. The van der Waals surface area contributed by atoms with Gasteiger partial charge in [0.05, 0.1) is 6.61 Å². The third-order valence-corrected chi connectivity index (χ3v) is 1.22. The van der Waals surface area contributed by atoms with Gasteiger partial charge in [-0.3, -0.25) is 0 Å². The van der Waals surface area contributed by atoms with Gasteiger partial charge in [-0.25, -0.2) is 0 Å². The summed E-state index contributed by atoms with van der Waals surface area (Å²) >= 11 is 0. The molecule has 0 aliphatic rings. The minimum atomic E-state index is 0.838. The zero-order valence-electron chi connectivity index (χ0n) is 8.68. The fourth-order valence-electron chi connectivity index (χ4n) is 0.405. The van der Waals surface area contributed by atoms with Crippen LogP contribution in [0.2, 0.25) is 0 Å². The van der Waals surface area contributed by atoms with Crippen molar-refractivity contribution in [2.75, 3.05) is 33.9 Å². The lowest BCUT2D eigenvalue weighted by Crippen LogP contribution is -2.21. The van der Waals surface area contributed by atoms with Gasteiger partial charge in [0.25, 0.3) is 0 Å². The number of hydrogen-bond donors (Lipinski definition) is 0. The van der Waals surface area contributed by atoms with E-state index in [0.29, 0.717) is 0 Å². The Morgan fingerprint density at radius 2 is 1.64 bits per heavy atom. The van der Waals surface area contributed by atoms with Crippen molar-refractivity contribution < 1.29 is 4.74 Å². The van der Waals surface area contributed by atoms with Crippen molar-refractivity contribution in [3.05, 3.63) is 0 Å². The summed E-state index contributed by atoms with van der Waals surface area (Å²) < 4.78 is 4.87. The van der Waals surface area contributed by atoms with Crippen molar-refractivity contribution >= 4 is 0 Å². The Morgan fingerprint density at radius 1 is 1.18 bits per heavy atom. The van der Waals surface area contributed by atoms with E-state index in [4.69, 9.17) is 4.74 Å². The molecule has 2 heteroatoms. The van der Waals surface area contributed by atoms with Crippen LogP contribution in [0.4, 0.5) is 0 Å². The minimum Gasteiger partial charge on any atom is -0.383 e. The van der Waals surface area contributed by atoms with Gasteiger partial charge >= 0.3 is 0 Å². The highest BCUT2D eigenvalue weighted by Crippen LogP contribution is 1.78. The number of hydrogen-bond acceptors (Lipinski definition) is 2. The highest BCUT2D eigenvalue weighted by atomic mass is 16.5. The average molecular weight is 161 g/mol. The van der Waals surface area contributed by atoms with Crippen molar-refractivity contribution in [3.63, 3.8) is 0 Å². The molecular formula is C9H23NO. The van der Waals surface area contributed by atoms with Gasteiger partial charge in [0.15, 0.2) is 0 Å². The normalized spacial score (nSPS) is 9.27. The third kappa shape index (κ3) is 17.8. The summed E-state index contributed by atoms with van der Waals surface area (Å²) in [5.74, 6) is 0. The molecule has 0 radical (unpaired) electrons. The number of methoxy groups -OCH3 is 1. The first-order valence-electron chi connectivity index (χ1n) is 4.40. The molecule has 0 unspecified atom stereocenters. The molecule has 0 aliphatic heterocycles. The maximum atomic E-state index is 4.87. The molecule has 0 aromatic heterocycles. The number of nitrogens with zero attached hydrogens (tertiary/aromatic N) is 1. The van der Waals surface area contributed by atoms with Gasteiger partial charge in [0.1, 0.15) is 0 Å². The molecule has 70 valence electrons. The molecule has 0 atom stereocenters. The van der Waals surface area contributed by atoms with E-state index < -0.39 is 0 Å². The van der Waals surface area contributed by atoms with Crippen LogP contribution in [0.1, 0.15) is 27.2 Å². The van der Waals surface area contributed by atoms with E-state index in [9.17, 15) is 0 Å². The molecule has 0 spiro atoms. The van der Waals surface area contributed by atoms with Crippen LogP contribution in [0, 0.1) is 0 Å². The lowest BCUT2D eigenvalue weighted by Gasteiger charge is -2.11. The first kappa shape index (κ1) is 13.5. The topological polar surface area (TPSA) is 12.5 Å². The third-order valence-electron chi connectivity index (χ3n) is 1.22. The van der Waals surface area contributed by atoms with Crippen LogP contribution in [0.15, 0.2) is 0 Å². The van der Waals surface area contributed by atoms with Gasteiger partial charge in [-0.05, 0) is 13.6 Å². The van der Waals surface area contributed by atoms with Gasteiger partial charge < -0.3 is 9.64 Å². The second-order valence-electron chi connectivity index (χ2n) is 2.60. The van der Waals surface area contributed by atoms with Gasteiger partial charge in [0.2, 0.25) is 0 Å². The molecule has 11 heavy (non-hydrogen) atoms. The predicted molar refractivity (Wildman–Crippen MR) is 51.0 cm³/mol. The Labute approximate surface area is 71.5 Å². The van der Waals surface area contributed by atoms with Crippen LogP contribution in [0.3, 0.4) is 0 Å². The second-order valence-corrected chi connectivity index (χ2v) is 2.60. The van der Waals surface area contributed by atoms with Gasteiger partial charge in [-0.1, -0.05) is 27.2 Å². The molecule has 2 nitrogen and oxygen atoms in total. The van der Waals surface area contributed by atoms with E-state index >= 15 is 0 Å². The largest absolute Gasteiger partial charge is 0.383 e. The molecule has 0 N–H and O–H groups in total. The number of ether oxygens (including phenoxy) is 1. The minimum absolute atomic E-state index is 0.838. The Kier molecular flexibility index (Phi) is 15.4. The highest BCUT2D eigenvalue weighted by molar-refractivity contribution is 4.42. The summed E-state index contributed by atoms with van der Waals surface area (Å²) in [5.41, 5.74) is 0. The first-order chi connectivity index (χ1) is 5.22. The van der Waals surface area contributed by atoms with E-state index in [1.54, 1.807) is 7.11 Å². The summed E-state index contributed by atoms with van der Waals surface area (Å²) in [7, 11) is 3.81. The van der Waals surface area contributed by atoms with Gasteiger partial charge in [-0.15, -0.1) is 0 Å².